The maximum atomic E-state index is 11.2. The van der Waals surface area contributed by atoms with Gasteiger partial charge in [0.15, 0.2) is 0 Å². The van der Waals surface area contributed by atoms with Gasteiger partial charge in [-0.3, -0.25) is 9.63 Å². The van der Waals surface area contributed by atoms with Crippen molar-refractivity contribution in [2.24, 2.45) is 11.8 Å². The van der Waals surface area contributed by atoms with Gasteiger partial charge in [0.05, 0.1) is 13.0 Å². The molecule has 1 amide bonds. The molecule has 1 aliphatic heterocycles. The smallest absolute Gasteiger partial charge is 0.248 e. The summed E-state index contributed by atoms with van der Waals surface area (Å²) in [6.45, 7) is 3.73. The van der Waals surface area contributed by atoms with Gasteiger partial charge in [-0.05, 0) is 12.5 Å². The first-order valence-electron chi connectivity index (χ1n) is 3.79. The number of amides is 1. The molecule has 0 aromatic heterocycles. The second-order valence-electron chi connectivity index (χ2n) is 2.91. The number of hydrogen-bond donors (Lipinski definition) is 2. The van der Waals surface area contributed by atoms with Crippen LogP contribution in [0.15, 0.2) is 0 Å². The Balaban J connectivity index is 2.39. The van der Waals surface area contributed by atoms with Gasteiger partial charge in [0.25, 0.3) is 0 Å². The molecule has 0 radical (unpaired) electrons. The normalized spacial score (nSPS) is 30.4. The zero-order valence-corrected chi connectivity index (χ0v) is 6.89. The summed E-state index contributed by atoms with van der Waals surface area (Å²) < 4.78 is 0. The van der Waals surface area contributed by atoms with E-state index in [1.807, 2.05) is 0 Å². The Morgan fingerprint density at radius 3 is 2.82 bits per heavy atom. The molecule has 0 unspecified atom stereocenters. The molecule has 1 rings (SSSR count). The topological polar surface area (TPSA) is 50.4 Å². The number of hydroxylamine groups is 1. The first-order valence-corrected chi connectivity index (χ1v) is 3.79. The summed E-state index contributed by atoms with van der Waals surface area (Å²) in [5.41, 5.74) is 2.34. The summed E-state index contributed by atoms with van der Waals surface area (Å²) in [4.78, 5) is 15.7. The van der Waals surface area contributed by atoms with Crippen molar-refractivity contribution in [2.45, 2.75) is 6.92 Å². The van der Waals surface area contributed by atoms with Crippen LogP contribution >= 0.6 is 0 Å². The van der Waals surface area contributed by atoms with Crippen molar-refractivity contribution in [1.29, 1.82) is 0 Å². The largest absolute Gasteiger partial charge is 0.316 e. The van der Waals surface area contributed by atoms with E-state index in [0.29, 0.717) is 5.92 Å². The van der Waals surface area contributed by atoms with Crippen LogP contribution in [0.2, 0.25) is 0 Å². The van der Waals surface area contributed by atoms with Gasteiger partial charge in [-0.2, -0.15) is 0 Å². The molecule has 1 saturated heterocycles. The minimum atomic E-state index is -0.0231. The summed E-state index contributed by atoms with van der Waals surface area (Å²) in [5, 5.41) is 3.15. The van der Waals surface area contributed by atoms with E-state index in [1.165, 1.54) is 7.11 Å². The van der Waals surface area contributed by atoms with Gasteiger partial charge in [-0.15, -0.1) is 0 Å². The number of carbonyl (C=O) groups excluding carboxylic acids is 1. The minimum Gasteiger partial charge on any atom is -0.316 e. The second-order valence-corrected chi connectivity index (χ2v) is 2.91. The molecule has 2 atom stereocenters. The van der Waals surface area contributed by atoms with Crippen molar-refractivity contribution in [1.82, 2.24) is 10.8 Å². The number of rotatable bonds is 2. The first kappa shape index (κ1) is 8.49. The molecular weight excluding hydrogens is 144 g/mol. The lowest BCUT2D eigenvalue weighted by atomic mass is 9.98. The van der Waals surface area contributed by atoms with Crippen molar-refractivity contribution in [3.05, 3.63) is 0 Å². The monoisotopic (exact) mass is 158 g/mol. The number of carbonyl (C=O) groups is 1. The van der Waals surface area contributed by atoms with Crippen LogP contribution in [0.1, 0.15) is 6.92 Å². The van der Waals surface area contributed by atoms with Crippen molar-refractivity contribution >= 4 is 5.91 Å². The average Bonchev–Trinajstić information content (AvgIpc) is 2.36. The third-order valence-corrected chi connectivity index (χ3v) is 2.06. The van der Waals surface area contributed by atoms with Gasteiger partial charge in [0, 0.05) is 6.54 Å². The van der Waals surface area contributed by atoms with Gasteiger partial charge in [0.1, 0.15) is 0 Å². The van der Waals surface area contributed by atoms with Crippen molar-refractivity contribution < 1.29 is 9.63 Å². The van der Waals surface area contributed by atoms with Crippen LogP contribution in [-0.2, 0) is 9.63 Å². The molecule has 1 aliphatic rings. The Labute approximate surface area is 66.3 Å². The number of hydrogen-bond acceptors (Lipinski definition) is 3. The van der Waals surface area contributed by atoms with E-state index < -0.39 is 0 Å². The Morgan fingerprint density at radius 2 is 2.36 bits per heavy atom. The highest BCUT2D eigenvalue weighted by Gasteiger charge is 2.29. The Bertz CT molecular complexity index is 149. The van der Waals surface area contributed by atoms with Crippen LogP contribution in [0, 0.1) is 11.8 Å². The average molecular weight is 158 g/mol. The number of nitrogens with one attached hydrogen (secondary N) is 2. The minimum absolute atomic E-state index is 0.0231. The fourth-order valence-corrected chi connectivity index (χ4v) is 1.34. The molecule has 0 aliphatic carbocycles. The van der Waals surface area contributed by atoms with Crippen LogP contribution < -0.4 is 10.8 Å². The lowest BCUT2D eigenvalue weighted by Gasteiger charge is -2.11. The quantitative estimate of drug-likeness (QED) is 0.534. The van der Waals surface area contributed by atoms with Crippen LogP contribution in [0.25, 0.3) is 0 Å². The predicted octanol–water partition coefficient (Wildman–Crippen LogP) is -0.480. The van der Waals surface area contributed by atoms with Crippen LogP contribution in [0.5, 0.6) is 0 Å². The van der Waals surface area contributed by atoms with Gasteiger partial charge in [0.2, 0.25) is 5.91 Å². The maximum absolute atomic E-state index is 11.2. The van der Waals surface area contributed by atoms with E-state index in [0.717, 1.165) is 13.1 Å². The lowest BCUT2D eigenvalue weighted by Crippen LogP contribution is -2.33. The molecule has 1 fully saturated rings. The van der Waals surface area contributed by atoms with Crippen LogP contribution in [-0.4, -0.2) is 26.1 Å². The van der Waals surface area contributed by atoms with Gasteiger partial charge in [-0.1, -0.05) is 6.92 Å². The summed E-state index contributed by atoms with van der Waals surface area (Å²) in [6.07, 6.45) is 0. The van der Waals surface area contributed by atoms with Gasteiger partial charge >= 0.3 is 0 Å². The maximum Gasteiger partial charge on any atom is 0.248 e. The molecule has 0 aromatic carbocycles. The standard InChI is InChI=1S/C7H14N2O2/c1-5-3-8-4-6(5)7(10)9-11-2/h5-6,8H,3-4H2,1-2H3,(H,9,10)/t5-,6-/m1/s1. The molecule has 1 heterocycles. The van der Waals surface area contributed by atoms with Crippen molar-refractivity contribution in [2.75, 3.05) is 20.2 Å². The third kappa shape index (κ3) is 1.91. The molecule has 64 valence electrons. The zero-order chi connectivity index (χ0) is 8.27. The molecule has 4 nitrogen and oxygen atoms in total. The third-order valence-electron chi connectivity index (χ3n) is 2.06. The van der Waals surface area contributed by atoms with E-state index in [1.54, 1.807) is 0 Å². The molecule has 0 aromatic rings. The zero-order valence-electron chi connectivity index (χ0n) is 6.89. The van der Waals surface area contributed by atoms with E-state index in [-0.39, 0.29) is 11.8 Å². The Kier molecular flexibility index (Phi) is 2.84. The highest BCUT2D eigenvalue weighted by atomic mass is 16.6. The van der Waals surface area contributed by atoms with E-state index in [4.69, 9.17) is 0 Å². The van der Waals surface area contributed by atoms with E-state index >= 15 is 0 Å². The SMILES string of the molecule is CONC(=O)[C@@H]1CNC[C@H]1C. The van der Waals surface area contributed by atoms with Crippen molar-refractivity contribution in [3.8, 4) is 0 Å². The van der Waals surface area contributed by atoms with Gasteiger partial charge < -0.3 is 5.32 Å². The Morgan fingerprint density at radius 1 is 1.64 bits per heavy atom. The highest BCUT2D eigenvalue weighted by molar-refractivity contribution is 5.78. The molecule has 0 bridgehead atoms. The fraction of sp³-hybridized carbons (Fsp3) is 0.857. The molecule has 2 N–H and O–H groups in total. The van der Waals surface area contributed by atoms with E-state index in [2.05, 4.69) is 22.6 Å². The second kappa shape index (κ2) is 3.69. The van der Waals surface area contributed by atoms with Crippen LogP contribution in [0.3, 0.4) is 0 Å². The molecule has 4 heteroatoms. The molecule has 11 heavy (non-hydrogen) atoms. The Hall–Kier alpha value is -0.610. The van der Waals surface area contributed by atoms with Crippen molar-refractivity contribution in [3.63, 3.8) is 0 Å². The lowest BCUT2D eigenvalue weighted by molar-refractivity contribution is -0.135. The van der Waals surface area contributed by atoms with Crippen LogP contribution in [0.4, 0.5) is 0 Å². The first-order chi connectivity index (χ1) is 5.25. The summed E-state index contributed by atoms with van der Waals surface area (Å²) in [5.74, 6) is 0.449. The van der Waals surface area contributed by atoms with Gasteiger partial charge in [-0.25, -0.2) is 5.48 Å². The fourth-order valence-electron chi connectivity index (χ4n) is 1.34. The summed E-state index contributed by atoms with van der Waals surface area (Å²) >= 11 is 0. The highest BCUT2D eigenvalue weighted by Crippen LogP contribution is 2.15. The summed E-state index contributed by atoms with van der Waals surface area (Å²) in [7, 11) is 1.45. The molecule has 0 spiro atoms. The molecular formula is C7H14N2O2. The predicted molar refractivity (Wildman–Crippen MR) is 40.7 cm³/mol. The summed E-state index contributed by atoms with van der Waals surface area (Å²) in [6, 6.07) is 0. The van der Waals surface area contributed by atoms with E-state index in [9.17, 15) is 4.79 Å². The molecule has 0 saturated carbocycles.